The number of nitrogens with zero attached hydrogens (tertiary/aromatic N) is 4. The molecule has 7 nitrogen and oxygen atoms in total. The molecule has 0 aliphatic carbocycles. The minimum absolute atomic E-state index is 0.0946. The summed E-state index contributed by atoms with van der Waals surface area (Å²) in [7, 11) is 0. The maximum Gasteiger partial charge on any atom is 0.257 e. The summed E-state index contributed by atoms with van der Waals surface area (Å²) in [6.45, 7) is 5.74. The van der Waals surface area contributed by atoms with Crippen LogP contribution < -0.4 is 0 Å². The van der Waals surface area contributed by atoms with Gasteiger partial charge in [-0.25, -0.2) is 0 Å². The molecule has 2 fully saturated rings. The number of ether oxygens (including phenoxy) is 1. The molecule has 4 rings (SSSR count). The smallest absolute Gasteiger partial charge is 0.257 e. The van der Waals surface area contributed by atoms with Gasteiger partial charge in [0.2, 0.25) is 0 Å². The van der Waals surface area contributed by atoms with Crippen molar-refractivity contribution in [2.75, 3.05) is 32.8 Å². The van der Waals surface area contributed by atoms with Gasteiger partial charge in [0.05, 0.1) is 25.3 Å². The number of rotatable bonds is 6. The van der Waals surface area contributed by atoms with Crippen LogP contribution >= 0.6 is 0 Å². The van der Waals surface area contributed by atoms with Crippen molar-refractivity contribution in [3.05, 3.63) is 42.1 Å². The van der Waals surface area contributed by atoms with Crippen molar-refractivity contribution in [2.24, 2.45) is 0 Å². The molecule has 0 bridgehead atoms. The number of aromatic nitrogens is 2. The normalized spacial score (nSPS) is 21.5. The van der Waals surface area contributed by atoms with Crippen LogP contribution in [-0.4, -0.2) is 64.4 Å². The molecule has 7 heteroatoms. The van der Waals surface area contributed by atoms with Crippen molar-refractivity contribution in [3.63, 3.8) is 0 Å². The summed E-state index contributed by atoms with van der Waals surface area (Å²) in [6, 6.07) is 4.12. The van der Waals surface area contributed by atoms with Crippen LogP contribution in [0, 0.1) is 0 Å². The molecule has 4 heterocycles. The summed E-state index contributed by atoms with van der Waals surface area (Å²) in [6.07, 6.45) is 9.65. The maximum absolute atomic E-state index is 13.1. The Morgan fingerprint density at radius 3 is 2.93 bits per heavy atom. The number of morpholine rings is 1. The number of carbonyl (C=O) groups excluding carboxylic acids is 1. The van der Waals surface area contributed by atoms with E-state index in [1.54, 1.807) is 12.5 Å². The summed E-state index contributed by atoms with van der Waals surface area (Å²) < 4.78 is 13.0. The fourth-order valence-corrected chi connectivity index (χ4v) is 4.00. The van der Waals surface area contributed by atoms with Gasteiger partial charge in [0.15, 0.2) is 0 Å². The first-order valence-corrected chi connectivity index (χ1v) is 9.95. The van der Waals surface area contributed by atoms with Crippen molar-refractivity contribution in [2.45, 2.75) is 44.8 Å². The molecule has 1 amide bonds. The third-order valence-electron chi connectivity index (χ3n) is 5.52. The fourth-order valence-electron chi connectivity index (χ4n) is 4.00. The van der Waals surface area contributed by atoms with E-state index in [9.17, 15) is 4.79 Å². The molecule has 146 valence electrons. The van der Waals surface area contributed by atoms with Crippen LogP contribution in [0.25, 0.3) is 0 Å². The summed E-state index contributed by atoms with van der Waals surface area (Å²) >= 11 is 0. The third kappa shape index (κ3) is 4.59. The number of furan rings is 1. The lowest BCUT2D eigenvalue weighted by molar-refractivity contribution is 0.0313. The zero-order chi connectivity index (χ0) is 18.5. The molecule has 0 spiro atoms. The largest absolute Gasteiger partial charge is 0.467 e. The quantitative estimate of drug-likeness (QED) is 0.779. The molecule has 1 atom stereocenters. The number of carbonyl (C=O) groups is 1. The zero-order valence-corrected chi connectivity index (χ0v) is 15.8. The van der Waals surface area contributed by atoms with E-state index >= 15 is 0 Å². The first-order valence-electron chi connectivity index (χ1n) is 9.95. The molecule has 0 radical (unpaired) electrons. The number of hydrogen-bond donors (Lipinski definition) is 0. The lowest BCUT2D eigenvalue weighted by atomic mass is 9.98. The molecule has 2 saturated heterocycles. The SMILES string of the molecule is O=C(c1coc(CN2CCOCC2)c1)N1CCCC[C@H]1CCn1cccn1. The van der Waals surface area contributed by atoms with E-state index in [1.807, 2.05) is 27.9 Å². The lowest BCUT2D eigenvalue weighted by Crippen LogP contribution is -2.44. The van der Waals surface area contributed by atoms with Gasteiger partial charge in [0, 0.05) is 44.6 Å². The van der Waals surface area contributed by atoms with Gasteiger partial charge in [-0.2, -0.15) is 5.10 Å². The third-order valence-corrected chi connectivity index (χ3v) is 5.52. The van der Waals surface area contributed by atoms with E-state index in [0.29, 0.717) is 5.56 Å². The van der Waals surface area contributed by atoms with Gasteiger partial charge in [0.25, 0.3) is 5.91 Å². The number of likely N-dealkylation sites (tertiary alicyclic amines) is 1. The van der Waals surface area contributed by atoms with Crippen molar-refractivity contribution >= 4 is 5.91 Å². The van der Waals surface area contributed by atoms with Crippen molar-refractivity contribution in [3.8, 4) is 0 Å². The van der Waals surface area contributed by atoms with Crippen LogP contribution in [0.1, 0.15) is 41.8 Å². The van der Waals surface area contributed by atoms with Crippen LogP contribution in [0.3, 0.4) is 0 Å². The summed E-state index contributed by atoms with van der Waals surface area (Å²) in [4.78, 5) is 17.4. The zero-order valence-electron chi connectivity index (χ0n) is 15.8. The Morgan fingerprint density at radius 1 is 1.22 bits per heavy atom. The summed E-state index contributed by atoms with van der Waals surface area (Å²) in [5.74, 6) is 0.947. The van der Waals surface area contributed by atoms with Crippen molar-refractivity contribution < 1.29 is 13.9 Å². The molecular weight excluding hydrogens is 344 g/mol. The molecule has 0 aromatic carbocycles. The Kier molecular flexibility index (Phi) is 5.89. The number of hydrogen-bond acceptors (Lipinski definition) is 5. The van der Waals surface area contributed by atoms with E-state index in [1.165, 1.54) is 6.42 Å². The Morgan fingerprint density at radius 2 is 2.11 bits per heavy atom. The van der Waals surface area contributed by atoms with Crippen molar-refractivity contribution in [1.82, 2.24) is 19.6 Å². The fraction of sp³-hybridized carbons (Fsp3) is 0.600. The van der Waals surface area contributed by atoms with E-state index < -0.39 is 0 Å². The van der Waals surface area contributed by atoms with Gasteiger partial charge in [-0.05, 0) is 37.8 Å². The average Bonchev–Trinajstić information content (AvgIpc) is 3.39. The number of piperidine rings is 1. The molecule has 0 saturated carbocycles. The highest BCUT2D eigenvalue weighted by Gasteiger charge is 2.28. The Labute approximate surface area is 159 Å². The first-order chi connectivity index (χ1) is 13.3. The Hall–Kier alpha value is -2.12. The van der Waals surface area contributed by atoms with Crippen LogP contribution in [-0.2, 0) is 17.8 Å². The molecule has 27 heavy (non-hydrogen) atoms. The number of amides is 1. The van der Waals surface area contributed by atoms with Crippen molar-refractivity contribution in [1.29, 1.82) is 0 Å². The van der Waals surface area contributed by atoms with Gasteiger partial charge in [-0.1, -0.05) is 0 Å². The molecule has 2 aliphatic rings. The molecular formula is C20H28N4O3. The van der Waals surface area contributed by atoms with Crippen LogP contribution in [0.4, 0.5) is 0 Å². The molecule has 2 aliphatic heterocycles. The van der Waals surface area contributed by atoms with E-state index in [4.69, 9.17) is 9.15 Å². The highest BCUT2D eigenvalue weighted by Crippen LogP contribution is 2.23. The lowest BCUT2D eigenvalue weighted by Gasteiger charge is -2.35. The maximum atomic E-state index is 13.1. The standard InChI is InChI=1S/C20H28N4O3/c25-20(17-14-19(27-16-17)15-22-10-12-26-13-11-22)24-8-2-1-4-18(24)5-9-23-7-3-6-21-23/h3,6-7,14,16,18H,1-2,4-5,8-13,15H2/t18-/m0/s1. The summed E-state index contributed by atoms with van der Waals surface area (Å²) in [5.41, 5.74) is 0.671. The average molecular weight is 372 g/mol. The van der Waals surface area contributed by atoms with Gasteiger partial charge in [-0.15, -0.1) is 0 Å². The van der Waals surface area contributed by atoms with Crippen LogP contribution in [0.5, 0.6) is 0 Å². The topological polar surface area (TPSA) is 63.7 Å². The molecule has 0 unspecified atom stereocenters. The monoisotopic (exact) mass is 372 g/mol. The molecule has 2 aromatic rings. The van der Waals surface area contributed by atoms with Gasteiger partial charge in [-0.3, -0.25) is 14.4 Å². The first kappa shape index (κ1) is 18.3. The highest BCUT2D eigenvalue weighted by atomic mass is 16.5. The minimum Gasteiger partial charge on any atom is -0.467 e. The second-order valence-electron chi connectivity index (χ2n) is 7.40. The molecule has 0 N–H and O–H groups in total. The predicted octanol–water partition coefficient (Wildman–Crippen LogP) is 2.39. The Bertz CT molecular complexity index is 721. The Balaban J connectivity index is 1.37. The highest BCUT2D eigenvalue weighted by molar-refractivity contribution is 5.94. The minimum atomic E-state index is 0.0946. The summed E-state index contributed by atoms with van der Waals surface area (Å²) in [5, 5.41) is 4.27. The van der Waals surface area contributed by atoms with Gasteiger partial charge in [0.1, 0.15) is 12.0 Å². The number of aryl methyl sites for hydroxylation is 1. The predicted molar refractivity (Wildman–Crippen MR) is 100 cm³/mol. The second kappa shape index (κ2) is 8.71. The van der Waals surface area contributed by atoms with Gasteiger partial charge >= 0.3 is 0 Å². The van der Waals surface area contributed by atoms with E-state index in [-0.39, 0.29) is 11.9 Å². The molecule has 2 aromatic heterocycles. The van der Waals surface area contributed by atoms with Gasteiger partial charge < -0.3 is 14.1 Å². The van der Waals surface area contributed by atoms with E-state index in [0.717, 1.165) is 71.0 Å². The van der Waals surface area contributed by atoms with Crippen LogP contribution in [0.15, 0.2) is 35.2 Å². The van der Waals surface area contributed by atoms with Crippen LogP contribution in [0.2, 0.25) is 0 Å². The van der Waals surface area contributed by atoms with E-state index in [2.05, 4.69) is 10.00 Å². The second-order valence-corrected chi connectivity index (χ2v) is 7.40.